The monoisotopic (exact) mass is 278 g/mol. The van der Waals surface area contributed by atoms with E-state index in [1.807, 2.05) is 23.1 Å². The molecule has 0 radical (unpaired) electrons. The molecule has 1 aromatic carbocycles. The molecule has 1 heterocycles. The first-order valence-corrected chi connectivity index (χ1v) is 7.07. The summed E-state index contributed by atoms with van der Waals surface area (Å²) in [5.74, 6) is 0.754. The van der Waals surface area contributed by atoms with Crippen LogP contribution in [0.5, 0.6) is 5.75 Å². The average molecular weight is 278 g/mol. The quantitative estimate of drug-likeness (QED) is 0.832. The number of para-hydroxylation sites is 2. The molecule has 20 heavy (non-hydrogen) atoms. The zero-order valence-corrected chi connectivity index (χ0v) is 11.9. The molecule has 110 valence electrons. The van der Waals surface area contributed by atoms with Crippen molar-refractivity contribution >= 4 is 11.6 Å². The SMILES string of the molecule is CCC1COCCN1C(=O)CCOc1ccccc1N. The molecule has 0 aromatic heterocycles. The van der Waals surface area contributed by atoms with Crippen LogP contribution in [0.25, 0.3) is 0 Å². The second-order valence-electron chi connectivity index (χ2n) is 4.86. The molecular weight excluding hydrogens is 256 g/mol. The average Bonchev–Trinajstić information content (AvgIpc) is 2.49. The van der Waals surface area contributed by atoms with Crippen LogP contribution in [0.15, 0.2) is 24.3 Å². The van der Waals surface area contributed by atoms with E-state index in [-0.39, 0.29) is 11.9 Å². The Bertz CT molecular complexity index is 450. The van der Waals surface area contributed by atoms with Crippen molar-refractivity contribution in [1.29, 1.82) is 0 Å². The fourth-order valence-electron chi connectivity index (χ4n) is 2.33. The molecule has 0 bridgehead atoms. The van der Waals surface area contributed by atoms with E-state index in [2.05, 4.69) is 6.92 Å². The topological polar surface area (TPSA) is 64.8 Å². The predicted molar refractivity (Wildman–Crippen MR) is 77.6 cm³/mol. The summed E-state index contributed by atoms with van der Waals surface area (Å²) in [6, 6.07) is 7.50. The lowest BCUT2D eigenvalue weighted by Gasteiger charge is -2.35. The fraction of sp³-hybridized carbons (Fsp3) is 0.533. The van der Waals surface area contributed by atoms with Gasteiger partial charge in [-0.2, -0.15) is 0 Å². The van der Waals surface area contributed by atoms with Gasteiger partial charge in [0.15, 0.2) is 0 Å². The summed E-state index contributed by atoms with van der Waals surface area (Å²) < 4.78 is 11.0. The highest BCUT2D eigenvalue weighted by atomic mass is 16.5. The maximum absolute atomic E-state index is 12.2. The molecule has 5 nitrogen and oxygen atoms in total. The molecule has 1 aromatic rings. The van der Waals surface area contributed by atoms with Crippen molar-refractivity contribution in [3.8, 4) is 5.75 Å². The Kier molecular flexibility index (Phi) is 5.24. The van der Waals surface area contributed by atoms with Gasteiger partial charge in [0.05, 0.1) is 38.0 Å². The van der Waals surface area contributed by atoms with Crippen LogP contribution in [0.4, 0.5) is 5.69 Å². The molecule has 0 aliphatic carbocycles. The number of rotatable bonds is 5. The second-order valence-corrected chi connectivity index (χ2v) is 4.86. The summed E-state index contributed by atoms with van der Waals surface area (Å²) in [5.41, 5.74) is 6.38. The molecule has 1 saturated heterocycles. The van der Waals surface area contributed by atoms with Crippen molar-refractivity contribution < 1.29 is 14.3 Å². The van der Waals surface area contributed by atoms with Gasteiger partial charge < -0.3 is 20.1 Å². The Hall–Kier alpha value is -1.75. The largest absolute Gasteiger partial charge is 0.491 e. The minimum absolute atomic E-state index is 0.120. The molecule has 1 unspecified atom stereocenters. The highest BCUT2D eigenvalue weighted by Gasteiger charge is 2.25. The summed E-state index contributed by atoms with van der Waals surface area (Å²) >= 11 is 0. The van der Waals surface area contributed by atoms with Crippen LogP contribution in [0.2, 0.25) is 0 Å². The van der Waals surface area contributed by atoms with Gasteiger partial charge in [0.1, 0.15) is 5.75 Å². The molecule has 1 amide bonds. The number of nitrogens with two attached hydrogens (primary N) is 1. The highest BCUT2D eigenvalue weighted by Crippen LogP contribution is 2.20. The number of ether oxygens (including phenoxy) is 2. The van der Waals surface area contributed by atoms with Crippen molar-refractivity contribution in [3.63, 3.8) is 0 Å². The molecular formula is C15H22N2O3. The first-order chi connectivity index (χ1) is 9.72. The van der Waals surface area contributed by atoms with Gasteiger partial charge in [0.25, 0.3) is 0 Å². The molecule has 2 rings (SSSR count). The Morgan fingerprint density at radius 3 is 3.05 bits per heavy atom. The molecule has 1 fully saturated rings. The van der Waals surface area contributed by atoms with Crippen molar-refractivity contribution in [2.45, 2.75) is 25.8 Å². The van der Waals surface area contributed by atoms with Crippen LogP contribution in [0, 0.1) is 0 Å². The number of carbonyl (C=O) groups is 1. The summed E-state index contributed by atoms with van der Waals surface area (Å²) in [4.78, 5) is 14.1. The molecule has 1 aliphatic rings. The van der Waals surface area contributed by atoms with Gasteiger partial charge in [0, 0.05) is 6.54 Å². The zero-order valence-electron chi connectivity index (χ0n) is 11.9. The van der Waals surface area contributed by atoms with Gasteiger partial charge in [-0.1, -0.05) is 19.1 Å². The lowest BCUT2D eigenvalue weighted by atomic mass is 10.1. The molecule has 0 spiro atoms. The third kappa shape index (κ3) is 3.63. The van der Waals surface area contributed by atoms with E-state index in [4.69, 9.17) is 15.2 Å². The summed E-state index contributed by atoms with van der Waals surface area (Å²) in [6.07, 6.45) is 1.28. The van der Waals surface area contributed by atoms with E-state index in [9.17, 15) is 4.79 Å². The van der Waals surface area contributed by atoms with Crippen molar-refractivity contribution in [1.82, 2.24) is 4.90 Å². The smallest absolute Gasteiger partial charge is 0.226 e. The fourth-order valence-corrected chi connectivity index (χ4v) is 2.33. The molecule has 5 heteroatoms. The van der Waals surface area contributed by atoms with Crippen LogP contribution in [0.1, 0.15) is 19.8 Å². The third-order valence-corrected chi connectivity index (χ3v) is 3.51. The number of anilines is 1. The number of amides is 1. The first-order valence-electron chi connectivity index (χ1n) is 7.07. The number of hydrogen-bond donors (Lipinski definition) is 1. The zero-order chi connectivity index (χ0) is 14.4. The molecule has 0 saturated carbocycles. The van der Waals surface area contributed by atoms with Crippen LogP contribution in [0.3, 0.4) is 0 Å². The van der Waals surface area contributed by atoms with E-state index >= 15 is 0 Å². The standard InChI is InChI=1S/C15H22N2O3/c1-2-12-11-19-10-8-17(12)15(18)7-9-20-14-6-4-3-5-13(14)16/h3-6,12H,2,7-11,16H2,1H3. The minimum atomic E-state index is 0.120. The van der Waals surface area contributed by atoms with Crippen LogP contribution in [-0.2, 0) is 9.53 Å². The number of benzene rings is 1. The number of hydrogen-bond acceptors (Lipinski definition) is 4. The van der Waals surface area contributed by atoms with Crippen molar-refractivity contribution in [2.24, 2.45) is 0 Å². The lowest BCUT2D eigenvalue weighted by Crippen LogP contribution is -2.48. The molecule has 1 atom stereocenters. The van der Waals surface area contributed by atoms with E-state index in [0.717, 1.165) is 6.42 Å². The van der Waals surface area contributed by atoms with Crippen LogP contribution in [-0.4, -0.2) is 43.2 Å². The lowest BCUT2D eigenvalue weighted by molar-refractivity contribution is -0.140. The van der Waals surface area contributed by atoms with E-state index in [1.54, 1.807) is 6.07 Å². The van der Waals surface area contributed by atoms with Crippen LogP contribution < -0.4 is 10.5 Å². The summed E-state index contributed by atoms with van der Waals surface area (Å²) in [7, 11) is 0. The van der Waals surface area contributed by atoms with E-state index in [0.29, 0.717) is 44.2 Å². The Balaban J connectivity index is 1.81. The summed E-state index contributed by atoms with van der Waals surface area (Å²) in [6.45, 7) is 4.34. The van der Waals surface area contributed by atoms with Gasteiger partial charge in [0.2, 0.25) is 5.91 Å². The van der Waals surface area contributed by atoms with Gasteiger partial charge in [-0.15, -0.1) is 0 Å². The second kappa shape index (κ2) is 7.14. The number of carbonyl (C=O) groups excluding carboxylic acids is 1. The molecule has 1 aliphatic heterocycles. The normalized spacial score (nSPS) is 18.9. The number of nitrogen functional groups attached to an aromatic ring is 1. The van der Waals surface area contributed by atoms with Gasteiger partial charge >= 0.3 is 0 Å². The minimum Gasteiger partial charge on any atom is -0.491 e. The van der Waals surface area contributed by atoms with Gasteiger partial charge in [-0.05, 0) is 18.6 Å². The number of nitrogens with zero attached hydrogens (tertiary/aromatic N) is 1. The third-order valence-electron chi connectivity index (χ3n) is 3.51. The first kappa shape index (κ1) is 14.7. The maximum atomic E-state index is 12.2. The van der Waals surface area contributed by atoms with Gasteiger partial charge in [-0.25, -0.2) is 0 Å². The highest BCUT2D eigenvalue weighted by molar-refractivity contribution is 5.76. The van der Waals surface area contributed by atoms with E-state index < -0.39 is 0 Å². The Labute approximate surface area is 119 Å². The van der Waals surface area contributed by atoms with Crippen LogP contribution >= 0.6 is 0 Å². The van der Waals surface area contributed by atoms with E-state index in [1.165, 1.54) is 0 Å². The maximum Gasteiger partial charge on any atom is 0.226 e. The van der Waals surface area contributed by atoms with Crippen molar-refractivity contribution in [2.75, 3.05) is 32.1 Å². The Morgan fingerprint density at radius 1 is 1.50 bits per heavy atom. The van der Waals surface area contributed by atoms with Crippen molar-refractivity contribution in [3.05, 3.63) is 24.3 Å². The molecule has 2 N–H and O–H groups in total. The number of morpholine rings is 1. The Morgan fingerprint density at radius 2 is 2.30 bits per heavy atom. The van der Waals surface area contributed by atoms with Gasteiger partial charge in [-0.3, -0.25) is 4.79 Å². The predicted octanol–water partition coefficient (Wildman–Crippen LogP) is 1.68. The summed E-state index contributed by atoms with van der Waals surface area (Å²) in [5, 5.41) is 0.